The van der Waals surface area contributed by atoms with Crippen molar-refractivity contribution >= 4 is 16.6 Å². The molecule has 19 heavy (non-hydrogen) atoms. The highest BCUT2D eigenvalue weighted by molar-refractivity contribution is 5.90. The number of benzene rings is 1. The summed E-state index contributed by atoms with van der Waals surface area (Å²) in [4.78, 5) is 0. The molecule has 100 valence electrons. The van der Waals surface area contributed by atoms with Crippen LogP contribution in [0.4, 0.5) is 5.69 Å². The number of aliphatic hydroxyl groups is 1. The summed E-state index contributed by atoms with van der Waals surface area (Å²) < 4.78 is 0. The van der Waals surface area contributed by atoms with Gasteiger partial charge >= 0.3 is 0 Å². The highest BCUT2D eigenvalue weighted by atomic mass is 16.3. The number of fused-ring (bicyclic) bond motifs is 1. The second kappa shape index (κ2) is 5.53. The number of hydrogen-bond donors (Lipinski definition) is 2. The molecule has 1 heterocycles. The number of rotatable bonds is 2. The minimum absolute atomic E-state index is 0.120. The third-order valence-electron chi connectivity index (χ3n) is 3.87. The van der Waals surface area contributed by atoms with Crippen molar-refractivity contribution in [1.29, 1.82) is 0 Å². The first-order valence-corrected chi connectivity index (χ1v) is 6.99. The highest BCUT2D eigenvalue weighted by Gasteiger charge is 2.21. The van der Waals surface area contributed by atoms with Crippen LogP contribution in [-0.4, -0.2) is 27.4 Å². The molecule has 2 atom stereocenters. The lowest BCUT2D eigenvalue weighted by Gasteiger charge is -2.23. The smallest absolute Gasteiger partial charge is 0.0950 e. The molecule has 2 N–H and O–H groups in total. The summed E-state index contributed by atoms with van der Waals surface area (Å²) in [6.07, 6.45) is 6.88. The molecular weight excluding hydrogens is 238 g/mol. The second-order valence-corrected chi connectivity index (χ2v) is 5.23. The Morgan fingerprint density at radius 1 is 1.11 bits per heavy atom. The SMILES string of the molecule is OC1CCCCCC1Nc1cnnc2ccccc12. The van der Waals surface area contributed by atoms with Crippen LogP contribution in [0.2, 0.25) is 0 Å². The Kier molecular flexibility index (Phi) is 3.60. The molecule has 0 aliphatic heterocycles. The van der Waals surface area contributed by atoms with Gasteiger partial charge in [-0.15, -0.1) is 0 Å². The third kappa shape index (κ3) is 2.68. The van der Waals surface area contributed by atoms with Gasteiger partial charge in [-0.1, -0.05) is 37.5 Å². The Morgan fingerprint density at radius 3 is 2.89 bits per heavy atom. The van der Waals surface area contributed by atoms with Crippen molar-refractivity contribution in [3.8, 4) is 0 Å². The van der Waals surface area contributed by atoms with E-state index in [-0.39, 0.29) is 12.1 Å². The summed E-state index contributed by atoms with van der Waals surface area (Å²) >= 11 is 0. The zero-order valence-corrected chi connectivity index (χ0v) is 10.9. The quantitative estimate of drug-likeness (QED) is 0.812. The molecule has 0 radical (unpaired) electrons. The van der Waals surface area contributed by atoms with Gasteiger partial charge in [-0.2, -0.15) is 10.2 Å². The van der Waals surface area contributed by atoms with Crippen LogP contribution in [0.1, 0.15) is 32.1 Å². The average Bonchev–Trinajstić information content (AvgIpc) is 2.65. The maximum absolute atomic E-state index is 10.2. The van der Waals surface area contributed by atoms with E-state index in [4.69, 9.17) is 0 Å². The van der Waals surface area contributed by atoms with Gasteiger partial charge in [0.25, 0.3) is 0 Å². The Balaban J connectivity index is 1.88. The Labute approximate surface area is 112 Å². The van der Waals surface area contributed by atoms with Crippen molar-refractivity contribution in [1.82, 2.24) is 10.2 Å². The highest BCUT2D eigenvalue weighted by Crippen LogP contribution is 2.25. The molecule has 3 rings (SSSR count). The predicted molar refractivity (Wildman–Crippen MR) is 76.0 cm³/mol. The predicted octanol–water partition coefficient (Wildman–Crippen LogP) is 2.74. The van der Waals surface area contributed by atoms with Crippen LogP contribution in [0.25, 0.3) is 10.9 Å². The molecule has 1 aliphatic rings. The van der Waals surface area contributed by atoms with E-state index in [1.54, 1.807) is 6.20 Å². The van der Waals surface area contributed by atoms with Gasteiger partial charge in [-0.05, 0) is 18.9 Å². The zero-order valence-electron chi connectivity index (χ0n) is 10.9. The molecule has 1 aromatic carbocycles. The van der Waals surface area contributed by atoms with Crippen LogP contribution in [0, 0.1) is 0 Å². The summed E-state index contributed by atoms with van der Waals surface area (Å²) in [6.45, 7) is 0. The van der Waals surface area contributed by atoms with E-state index in [1.165, 1.54) is 12.8 Å². The van der Waals surface area contributed by atoms with E-state index in [0.717, 1.165) is 35.9 Å². The van der Waals surface area contributed by atoms with Gasteiger partial charge in [0, 0.05) is 5.39 Å². The molecule has 0 spiro atoms. The van der Waals surface area contributed by atoms with Crippen LogP contribution in [-0.2, 0) is 0 Å². The van der Waals surface area contributed by atoms with Gasteiger partial charge < -0.3 is 10.4 Å². The number of hydrogen-bond acceptors (Lipinski definition) is 4. The van der Waals surface area contributed by atoms with E-state index in [0.29, 0.717) is 0 Å². The number of aromatic nitrogens is 2. The van der Waals surface area contributed by atoms with E-state index in [2.05, 4.69) is 15.5 Å². The third-order valence-corrected chi connectivity index (χ3v) is 3.87. The lowest BCUT2D eigenvalue weighted by Crippen LogP contribution is -2.32. The largest absolute Gasteiger partial charge is 0.391 e. The zero-order chi connectivity index (χ0) is 13.1. The van der Waals surface area contributed by atoms with Crippen molar-refractivity contribution < 1.29 is 5.11 Å². The monoisotopic (exact) mass is 257 g/mol. The molecule has 0 amide bonds. The molecular formula is C15H19N3O. The lowest BCUT2D eigenvalue weighted by atomic mass is 10.1. The maximum atomic E-state index is 10.2. The normalized spacial score (nSPS) is 24.1. The summed E-state index contributed by atoms with van der Waals surface area (Å²) in [5.74, 6) is 0. The van der Waals surface area contributed by atoms with E-state index >= 15 is 0 Å². The maximum Gasteiger partial charge on any atom is 0.0950 e. The minimum Gasteiger partial charge on any atom is -0.391 e. The standard InChI is InChI=1S/C15H19N3O/c19-15-9-3-1-2-8-13(15)17-14-10-16-18-12-7-5-4-6-11(12)14/h4-7,10,13,15,19H,1-3,8-9H2,(H,17,18). The molecule has 2 unspecified atom stereocenters. The Hall–Kier alpha value is -1.68. The van der Waals surface area contributed by atoms with Gasteiger partial charge in [-0.25, -0.2) is 0 Å². The number of anilines is 1. The molecule has 4 heteroatoms. The van der Waals surface area contributed by atoms with Gasteiger partial charge in [-0.3, -0.25) is 0 Å². The lowest BCUT2D eigenvalue weighted by molar-refractivity contribution is 0.144. The number of aliphatic hydroxyl groups excluding tert-OH is 1. The summed E-state index contributed by atoms with van der Waals surface area (Å²) in [5, 5.41) is 22.9. The molecule has 4 nitrogen and oxygen atoms in total. The van der Waals surface area contributed by atoms with Crippen molar-refractivity contribution in [2.45, 2.75) is 44.2 Å². The van der Waals surface area contributed by atoms with Gasteiger partial charge in [0.05, 0.1) is 29.5 Å². The van der Waals surface area contributed by atoms with E-state index in [9.17, 15) is 5.11 Å². The van der Waals surface area contributed by atoms with Crippen molar-refractivity contribution in [3.05, 3.63) is 30.5 Å². The summed E-state index contributed by atoms with van der Waals surface area (Å²) in [6, 6.07) is 8.07. The molecule has 1 aliphatic carbocycles. The molecule has 1 aromatic heterocycles. The minimum atomic E-state index is -0.269. The molecule has 1 fully saturated rings. The first kappa shape index (κ1) is 12.4. The fourth-order valence-electron chi connectivity index (χ4n) is 2.78. The van der Waals surface area contributed by atoms with Crippen LogP contribution in [0.5, 0.6) is 0 Å². The fraction of sp³-hybridized carbons (Fsp3) is 0.467. The van der Waals surface area contributed by atoms with E-state index in [1.807, 2.05) is 24.3 Å². The van der Waals surface area contributed by atoms with Crippen LogP contribution >= 0.6 is 0 Å². The number of nitrogens with one attached hydrogen (secondary N) is 1. The summed E-state index contributed by atoms with van der Waals surface area (Å²) in [7, 11) is 0. The van der Waals surface area contributed by atoms with Gasteiger partial charge in [0.1, 0.15) is 0 Å². The molecule has 1 saturated carbocycles. The molecule has 0 bridgehead atoms. The van der Waals surface area contributed by atoms with Gasteiger partial charge in [0.15, 0.2) is 0 Å². The fourth-order valence-corrected chi connectivity index (χ4v) is 2.78. The number of nitrogens with zero attached hydrogens (tertiary/aromatic N) is 2. The van der Waals surface area contributed by atoms with Gasteiger partial charge in [0.2, 0.25) is 0 Å². The van der Waals surface area contributed by atoms with E-state index < -0.39 is 0 Å². The van der Waals surface area contributed by atoms with Crippen LogP contribution < -0.4 is 5.32 Å². The van der Waals surface area contributed by atoms with Crippen LogP contribution in [0.15, 0.2) is 30.5 Å². The summed E-state index contributed by atoms with van der Waals surface area (Å²) in [5.41, 5.74) is 1.85. The van der Waals surface area contributed by atoms with Crippen molar-refractivity contribution in [3.63, 3.8) is 0 Å². The second-order valence-electron chi connectivity index (χ2n) is 5.23. The van der Waals surface area contributed by atoms with Crippen LogP contribution in [0.3, 0.4) is 0 Å². The molecule has 2 aromatic rings. The molecule has 0 saturated heterocycles. The topological polar surface area (TPSA) is 58.0 Å². The first-order chi connectivity index (χ1) is 9.34. The first-order valence-electron chi connectivity index (χ1n) is 6.99. The Bertz CT molecular complexity index is 553. The average molecular weight is 257 g/mol. The van der Waals surface area contributed by atoms with Crippen molar-refractivity contribution in [2.75, 3.05) is 5.32 Å². The van der Waals surface area contributed by atoms with Crippen molar-refractivity contribution in [2.24, 2.45) is 0 Å². The Morgan fingerprint density at radius 2 is 1.95 bits per heavy atom.